The van der Waals surface area contributed by atoms with Gasteiger partial charge in [0.2, 0.25) is 5.91 Å². The highest BCUT2D eigenvalue weighted by Crippen LogP contribution is 2.32. The number of rotatable bonds is 4. The van der Waals surface area contributed by atoms with E-state index in [4.69, 9.17) is 4.74 Å². The molecule has 2 rings (SSSR count). The molecule has 1 N–H and O–H groups in total. The lowest BCUT2D eigenvalue weighted by Crippen LogP contribution is -2.42. The number of fused-ring (bicyclic) bond motifs is 1. The fourth-order valence-electron chi connectivity index (χ4n) is 2.44. The van der Waals surface area contributed by atoms with Gasteiger partial charge in [0, 0.05) is 18.5 Å². The molecule has 0 bridgehead atoms. The van der Waals surface area contributed by atoms with Crippen molar-refractivity contribution in [2.24, 2.45) is 0 Å². The van der Waals surface area contributed by atoms with Gasteiger partial charge in [-0.05, 0) is 51.8 Å². The molecule has 0 aromatic heterocycles. The first kappa shape index (κ1) is 16.3. The number of nitrogens with one attached hydrogen (secondary N) is 1. The van der Waals surface area contributed by atoms with Gasteiger partial charge in [0.1, 0.15) is 5.75 Å². The average molecular weight is 304 g/mol. The third-order valence-electron chi connectivity index (χ3n) is 3.36. The van der Waals surface area contributed by atoms with Crippen molar-refractivity contribution >= 4 is 17.5 Å². The molecule has 0 unspecified atom stereocenters. The van der Waals surface area contributed by atoms with Crippen molar-refractivity contribution in [3.63, 3.8) is 0 Å². The monoisotopic (exact) mass is 304 g/mol. The van der Waals surface area contributed by atoms with Crippen LogP contribution in [0.5, 0.6) is 5.75 Å². The lowest BCUT2D eigenvalue weighted by molar-refractivity contribution is -0.123. The average Bonchev–Trinajstić information content (AvgIpc) is 2.39. The summed E-state index contributed by atoms with van der Waals surface area (Å²) in [6.07, 6.45) is 1.03. The molecule has 5 heteroatoms. The molecule has 22 heavy (non-hydrogen) atoms. The smallest absolute Gasteiger partial charge is 0.265 e. The van der Waals surface area contributed by atoms with E-state index in [0.717, 1.165) is 17.0 Å². The topological polar surface area (TPSA) is 58.6 Å². The first-order valence-electron chi connectivity index (χ1n) is 7.61. The molecule has 1 aromatic carbocycles. The Labute approximate surface area is 131 Å². The number of amides is 2. The molecular formula is C17H24N2O3. The van der Waals surface area contributed by atoms with Gasteiger partial charge in [0.15, 0.2) is 6.61 Å². The van der Waals surface area contributed by atoms with E-state index in [2.05, 4.69) is 5.32 Å². The van der Waals surface area contributed by atoms with Gasteiger partial charge >= 0.3 is 0 Å². The van der Waals surface area contributed by atoms with Gasteiger partial charge in [0.05, 0.1) is 5.69 Å². The Hall–Kier alpha value is -2.04. The highest BCUT2D eigenvalue weighted by atomic mass is 16.5. The second-order valence-electron chi connectivity index (χ2n) is 6.71. The van der Waals surface area contributed by atoms with Crippen LogP contribution in [0.25, 0.3) is 0 Å². The van der Waals surface area contributed by atoms with Gasteiger partial charge in [-0.25, -0.2) is 0 Å². The Morgan fingerprint density at radius 2 is 2.09 bits per heavy atom. The Kier molecular flexibility index (Phi) is 4.74. The molecule has 1 heterocycles. The van der Waals surface area contributed by atoms with Crippen molar-refractivity contribution in [1.82, 2.24) is 5.32 Å². The Morgan fingerprint density at radius 3 is 2.77 bits per heavy atom. The van der Waals surface area contributed by atoms with Crippen molar-refractivity contribution in [2.45, 2.75) is 46.1 Å². The Balaban J connectivity index is 1.97. The molecule has 0 saturated carbocycles. The second-order valence-corrected chi connectivity index (χ2v) is 6.71. The lowest BCUT2D eigenvalue weighted by atomic mass is 10.1. The number of nitrogens with zero attached hydrogens (tertiary/aromatic N) is 1. The maximum Gasteiger partial charge on any atom is 0.265 e. The van der Waals surface area contributed by atoms with E-state index in [-0.39, 0.29) is 24.0 Å². The van der Waals surface area contributed by atoms with E-state index in [1.165, 1.54) is 0 Å². The summed E-state index contributed by atoms with van der Waals surface area (Å²) in [6.45, 7) is 8.43. The lowest BCUT2D eigenvalue weighted by Gasteiger charge is -2.29. The predicted octanol–water partition coefficient (Wildman–Crippen LogP) is 2.42. The summed E-state index contributed by atoms with van der Waals surface area (Å²) in [5.41, 5.74) is 1.65. The number of carbonyl (C=O) groups is 2. The van der Waals surface area contributed by atoms with E-state index >= 15 is 0 Å². The summed E-state index contributed by atoms with van der Waals surface area (Å²) in [6, 6.07) is 5.79. The molecule has 1 aliphatic rings. The van der Waals surface area contributed by atoms with Crippen LogP contribution in [-0.4, -0.2) is 30.5 Å². The second kappa shape index (κ2) is 6.38. The van der Waals surface area contributed by atoms with Crippen molar-refractivity contribution in [3.8, 4) is 5.75 Å². The molecule has 0 aliphatic carbocycles. The molecule has 0 fully saturated rings. The molecule has 1 aliphatic heterocycles. The number of hydrogen-bond acceptors (Lipinski definition) is 3. The number of ether oxygens (including phenoxy) is 1. The molecule has 1 aromatic rings. The Morgan fingerprint density at radius 1 is 1.36 bits per heavy atom. The number of hydrogen-bond donors (Lipinski definition) is 1. The first-order chi connectivity index (χ1) is 10.3. The third kappa shape index (κ3) is 4.23. The van der Waals surface area contributed by atoms with Crippen LogP contribution in [0.3, 0.4) is 0 Å². The summed E-state index contributed by atoms with van der Waals surface area (Å²) >= 11 is 0. The zero-order chi connectivity index (χ0) is 16.3. The molecule has 0 saturated heterocycles. The summed E-state index contributed by atoms with van der Waals surface area (Å²) < 4.78 is 5.44. The van der Waals surface area contributed by atoms with Gasteiger partial charge in [-0.2, -0.15) is 0 Å². The van der Waals surface area contributed by atoms with E-state index in [9.17, 15) is 9.59 Å². The quantitative estimate of drug-likeness (QED) is 0.929. The fraction of sp³-hybridized carbons (Fsp3) is 0.529. The summed E-state index contributed by atoms with van der Waals surface area (Å²) in [5, 5.41) is 2.93. The summed E-state index contributed by atoms with van der Waals surface area (Å²) in [7, 11) is 0. The summed E-state index contributed by atoms with van der Waals surface area (Å²) in [4.78, 5) is 25.6. The van der Waals surface area contributed by atoms with Crippen LogP contribution in [0.15, 0.2) is 18.2 Å². The minimum Gasteiger partial charge on any atom is -0.482 e. The van der Waals surface area contributed by atoms with Gasteiger partial charge in [-0.1, -0.05) is 6.07 Å². The van der Waals surface area contributed by atoms with Crippen LogP contribution in [0.4, 0.5) is 5.69 Å². The van der Waals surface area contributed by atoms with Gasteiger partial charge in [-0.3, -0.25) is 9.59 Å². The van der Waals surface area contributed by atoms with E-state index in [1.54, 1.807) is 4.90 Å². The minimum absolute atomic E-state index is 0.0117. The van der Waals surface area contributed by atoms with Crippen molar-refractivity contribution < 1.29 is 14.3 Å². The third-order valence-corrected chi connectivity index (χ3v) is 3.36. The van der Waals surface area contributed by atoms with E-state index in [0.29, 0.717) is 19.4 Å². The van der Waals surface area contributed by atoms with Crippen LogP contribution in [0, 0.1) is 6.92 Å². The SMILES string of the molecule is Cc1ccc2c(c1)N(CCCC(=O)NC(C)(C)C)C(=O)CO2. The zero-order valence-corrected chi connectivity index (χ0v) is 13.7. The highest BCUT2D eigenvalue weighted by Gasteiger charge is 2.25. The van der Waals surface area contributed by atoms with Crippen LogP contribution < -0.4 is 15.0 Å². The molecule has 5 nitrogen and oxygen atoms in total. The predicted molar refractivity (Wildman–Crippen MR) is 86.2 cm³/mol. The number of benzene rings is 1. The maximum atomic E-state index is 12.1. The molecule has 2 amide bonds. The van der Waals surface area contributed by atoms with Gasteiger partial charge in [-0.15, -0.1) is 0 Å². The van der Waals surface area contributed by atoms with E-state index in [1.807, 2.05) is 45.9 Å². The maximum absolute atomic E-state index is 12.1. The van der Waals surface area contributed by atoms with Gasteiger partial charge < -0.3 is 15.0 Å². The molecule has 0 atom stereocenters. The fourth-order valence-corrected chi connectivity index (χ4v) is 2.44. The minimum atomic E-state index is -0.227. The highest BCUT2D eigenvalue weighted by molar-refractivity contribution is 5.98. The van der Waals surface area contributed by atoms with Crippen LogP contribution >= 0.6 is 0 Å². The van der Waals surface area contributed by atoms with Crippen LogP contribution in [0.1, 0.15) is 39.2 Å². The molecule has 120 valence electrons. The Bertz CT molecular complexity index is 576. The normalized spacial score (nSPS) is 14.4. The number of anilines is 1. The molecular weight excluding hydrogens is 280 g/mol. The van der Waals surface area contributed by atoms with E-state index < -0.39 is 0 Å². The standard InChI is InChI=1S/C17H24N2O3/c1-12-7-8-14-13(10-12)19(16(21)11-22-14)9-5-6-15(20)18-17(2,3)4/h7-8,10H,5-6,9,11H2,1-4H3,(H,18,20). The molecule has 0 radical (unpaired) electrons. The largest absolute Gasteiger partial charge is 0.482 e. The van der Waals surface area contributed by atoms with Gasteiger partial charge in [0.25, 0.3) is 5.91 Å². The van der Waals surface area contributed by atoms with Crippen molar-refractivity contribution in [3.05, 3.63) is 23.8 Å². The van der Waals surface area contributed by atoms with Crippen LogP contribution in [-0.2, 0) is 9.59 Å². The first-order valence-corrected chi connectivity index (χ1v) is 7.61. The van der Waals surface area contributed by atoms with Crippen LogP contribution in [0.2, 0.25) is 0 Å². The van der Waals surface area contributed by atoms with Crippen molar-refractivity contribution in [2.75, 3.05) is 18.1 Å². The van der Waals surface area contributed by atoms with Crippen molar-refractivity contribution in [1.29, 1.82) is 0 Å². The summed E-state index contributed by atoms with van der Waals surface area (Å²) in [5.74, 6) is 0.677. The molecule has 0 spiro atoms. The zero-order valence-electron chi connectivity index (χ0n) is 13.7. The number of carbonyl (C=O) groups excluding carboxylic acids is 2. The number of aryl methyl sites for hydroxylation is 1.